The number of carbonyl (C=O) groups is 1. The van der Waals surface area contributed by atoms with Gasteiger partial charge in [-0.2, -0.15) is 5.26 Å². The monoisotopic (exact) mass is 263 g/mol. The van der Waals surface area contributed by atoms with Crippen LogP contribution in [0.5, 0.6) is 0 Å². The zero-order valence-electron chi connectivity index (χ0n) is 11.7. The molecule has 1 N–H and O–H groups in total. The maximum absolute atomic E-state index is 11.9. The van der Waals surface area contributed by atoms with Crippen molar-refractivity contribution in [2.45, 2.75) is 57.4 Å². The van der Waals surface area contributed by atoms with E-state index in [0.29, 0.717) is 19.0 Å². The Morgan fingerprint density at radius 3 is 2.53 bits per heavy atom. The van der Waals surface area contributed by atoms with E-state index in [9.17, 15) is 4.79 Å². The molecule has 0 aromatic heterocycles. The number of amides is 1. The van der Waals surface area contributed by atoms with E-state index < -0.39 is 0 Å². The van der Waals surface area contributed by atoms with Crippen molar-refractivity contribution in [2.75, 3.05) is 19.6 Å². The van der Waals surface area contributed by atoms with Crippen molar-refractivity contribution < 1.29 is 4.79 Å². The number of rotatable bonds is 5. The summed E-state index contributed by atoms with van der Waals surface area (Å²) in [6.07, 6.45) is 9.07. The molecule has 0 bridgehead atoms. The molecule has 1 aliphatic heterocycles. The molecule has 0 unspecified atom stereocenters. The zero-order valence-corrected chi connectivity index (χ0v) is 11.7. The molecule has 2 rings (SSSR count). The first-order valence-corrected chi connectivity index (χ1v) is 7.66. The molecule has 0 aromatic carbocycles. The minimum atomic E-state index is 0.227. The number of likely N-dealkylation sites (tertiary alicyclic amines) is 1. The van der Waals surface area contributed by atoms with Gasteiger partial charge in [-0.05, 0) is 25.2 Å². The molecule has 4 nitrogen and oxygen atoms in total. The SMILES string of the molecule is N#CCN1CCC(NC(=O)CCC2CCCC2)CC1. The van der Waals surface area contributed by atoms with E-state index in [1.807, 2.05) is 0 Å². The van der Waals surface area contributed by atoms with Crippen molar-refractivity contribution in [1.82, 2.24) is 10.2 Å². The van der Waals surface area contributed by atoms with Crippen molar-refractivity contribution in [1.29, 1.82) is 5.26 Å². The average molecular weight is 263 g/mol. The quantitative estimate of drug-likeness (QED) is 0.772. The molecular weight excluding hydrogens is 238 g/mol. The number of nitrogens with one attached hydrogen (secondary N) is 1. The molecule has 1 saturated carbocycles. The molecule has 0 atom stereocenters. The Bertz CT molecular complexity index is 323. The first-order chi connectivity index (χ1) is 9.28. The van der Waals surface area contributed by atoms with E-state index in [-0.39, 0.29) is 5.91 Å². The predicted octanol–water partition coefficient (Wildman–Crippen LogP) is 2.06. The second-order valence-corrected chi connectivity index (χ2v) is 5.97. The number of piperidine rings is 1. The van der Waals surface area contributed by atoms with Crippen molar-refractivity contribution >= 4 is 5.91 Å². The Labute approximate surface area is 116 Å². The van der Waals surface area contributed by atoms with Gasteiger partial charge in [0, 0.05) is 25.6 Å². The summed E-state index contributed by atoms with van der Waals surface area (Å²) in [5, 5.41) is 11.8. The van der Waals surface area contributed by atoms with Gasteiger partial charge < -0.3 is 5.32 Å². The summed E-state index contributed by atoms with van der Waals surface area (Å²) in [6.45, 7) is 2.38. The summed E-state index contributed by atoms with van der Waals surface area (Å²) in [5.41, 5.74) is 0. The molecule has 4 heteroatoms. The number of nitriles is 1. The molecule has 2 aliphatic rings. The molecule has 2 fully saturated rings. The van der Waals surface area contributed by atoms with E-state index in [1.54, 1.807) is 0 Å². The second kappa shape index (κ2) is 7.49. The van der Waals surface area contributed by atoms with Gasteiger partial charge in [0.05, 0.1) is 12.6 Å². The molecular formula is C15H25N3O. The van der Waals surface area contributed by atoms with Gasteiger partial charge in [-0.3, -0.25) is 9.69 Å². The van der Waals surface area contributed by atoms with Crippen LogP contribution in [0.3, 0.4) is 0 Å². The Morgan fingerprint density at radius 2 is 1.89 bits per heavy atom. The topological polar surface area (TPSA) is 56.1 Å². The summed E-state index contributed by atoms with van der Waals surface area (Å²) in [4.78, 5) is 14.1. The van der Waals surface area contributed by atoms with Crippen LogP contribution in [0.25, 0.3) is 0 Å². The van der Waals surface area contributed by atoms with Crippen molar-refractivity contribution in [3.63, 3.8) is 0 Å². The first-order valence-electron chi connectivity index (χ1n) is 7.66. The van der Waals surface area contributed by atoms with E-state index >= 15 is 0 Å². The summed E-state index contributed by atoms with van der Waals surface area (Å²) >= 11 is 0. The molecule has 0 aromatic rings. The summed E-state index contributed by atoms with van der Waals surface area (Å²) in [6, 6.07) is 2.51. The highest BCUT2D eigenvalue weighted by Gasteiger charge is 2.21. The summed E-state index contributed by atoms with van der Waals surface area (Å²) in [7, 11) is 0. The highest BCUT2D eigenvalue weighted by atomic mass is 16.1. The van der Waals surface area contributed by atoms with Gasteiger partial charge in [0.25, 0.3) is 0 Å². The molecule has 1 saturated heterocycles. The fourth-order valence-corrected chi connectivity index (χ4v) is 3.27. The Balaban J connectivity index is 1.59. The van der Waals surface area contributed by atoms with Crippen LogP contribution in [0.15, 0.2) is 0 Å². The summed E-state index contributed by atoms with van der Waals surface area (Å²) in [5.74, 6) is 1.02. The molecule has 106 valence electrons. The minimum Gasteiger partial charge on any atom is -0.353 e. The van der Waals surface area contributed by atoms with Gasteiger partial charge in [-0.15, -0.1) is 0 Å². The average Bonchev–Trinajstić information content (AvgIpc) is 2.92. The van der Waals surface area contributed by atoms with Gasteiger partial charge in [0.15, 0.2) is 0 Å². The van der Waals surface area contributed by atoms with Crippen LogP contribution in [-0.2, 0) is 4.79 Å². The second-order valence-electron chi connectivity index (χ2n) is 5.97. The highest BCUT2D eigenvalue weighted by molar-refractivity contribution is 5.76. The lowest BCUT2D eigenvalue weighted by molar-refractivity contribution is -0.122. The van der Waals surface area contributed by atoms with Crippen molar-refractivity contribution in [3.05, 3.63) is 0 Å². The minimum absolute atomic E-state index is 0.227. The Hall–Kier alpha value is -1.08. The van der Waals surface area contributed by atoms with Crippen LogP contribution < -0.4 is 5.32 Å². The van der Waals surface area contributed by atoms with Gasteiger partial charge in [0.2, 0.25) is 5.91 Å². The smallest absolute Gasteiger partial charge is 0.220 e. The highest BCUT2D eigenvalue weighted by Crippen LogP contribution is 2.28. The lowest BCUT2D eigenvalue weighted by atomic mass is 10.0. The lowest BCUT2D eigenvalue weighted by Crippen LogP contribution is -2.44. The van der Waals surface area contributed by atoms with Gasteiger partial charge in [-0.25, -0.2) is 0 Å². The third-order valence-corrected chi connectivity index (χ3v) is 4.50. The number of carbonyl (C=O) groups excluding carboxylic acids is 1. The Kier molecular flexibility index (Phi) is 5.65. The van der Waals surface area contributed by atoms with Crippen LogP contribution >= 0.6 is 0 Å². The van der Waals surface area contributed by atoms with Crippen LogP contribution in [-0.4, -0.2) is 36.5 Å². The van der Waals surface area contributed by atoms with Crippen LogP contribution in [0.1, 0.15) is 51.4 Å². The standard InChI is InChI=1S/C15H25N3O/c16-9-12-18-10-7-14(8-11-18)17-15(19)6-5-13-3-1-2-4-13/h13-14H,1-8,10-12H2,(H,17,19). The lowest BCUT2D eigenvalue weighted by Gasteiger charge is -2.30. The van der Waals surface area contributed by atoms with E-state index in [1.165, 1.54) is 25.7 Å². The third-order valence-electron chi connectivity index (χ3n) is 4.50. The molecule has 1 heterocycles. The molecule has 19 heavy (non-hydrogen) atoms. The van der Waals surface area contributed by atoms with Crippen LogP contribution in [0.4, 0.5) is 0 Å². The fourth-order valence-electron chi connectivity index (χ4n) is 3.27. The fraction of sp³-hybridized carbons (Fsp3) is 0.867. The number of nitrogens with zero attached hydrogens (tertiary/aromatic N) is 2. The van der Waals surface area contributed by atoms with Gasteiger partial charge >= 0.3 is 0 Å². The van der Waals surface area contributed by atoms with Crippen molar-refractivity contribution in [3.8, 4) is 6.07 Å². The van der Waals surface area contributed by atoms with E-state index in [2.05, 4.69) is 16.3 Å². The maximum Gasteiger partial charge on any atom is 0.220 e. The maximum atomic E-state index is 11.9. The molecule has 0 spiro atoms. The first kappa shape index (κ1) is 14.3. The zero-order chi connectivity index (χ0) is 13.5. The Morgan fingerprint density at radius 1 is 1.21 bits per heavy atom. The normalized spacial score (nSPS) is 22.3. The van der Waals surface area contributed by atoms with Crippen LogP contribution in [0, 0.1) is 17.2 Å². The van der Waals surface area contributed by atoms with Gasteiger partial charge in [0.1, 0.15) is 0 Å². The van der Waals surface area contributed by atoms with Crippen LogP contribution in [0.2, 0.25) is 0 Å². The number of hydrogen-bond donors (Lipinski definition) is 1. The largest absolute Gasteiger partial charge is 0.353 e. The summed E-state index contributed by atoms with van der Waals surface area (Å²) < 4.78 is 0. The molecule has 1 amide bonds. The number of hydrogen-bond acceptors (Lipinski definition) is 3. The van der Waals surface area contributed by atoms with E-state index in [4.69, 9.17) is 5.26 Å². The molecule has 1 aliphatic carbocycles. The third kappa shape index (κ3) is 4.83. The van der Waals surface area contributed by atoms with Gasteiger partial charge in [-0.1, -0.05) is 25.7 Å². The van der Waals surface area contributed by atoms with Crippen molar-refractivity contribution in [2.24, 2.45) is 5.92 Å². The predicted molar refractivity (Wildman–Crippen MR) is 74.4 cm³/mol. The van der Waals surface area contributed by atoms with E-state index in [0.717, 1.165) is 38.3 Å². The molecule has 0 radical (unpaired) electrons.